The minimum absolute atomic E-state index is 0.711. The summed E-state index contributed by atoms with van der Waals surface area (Å²) in [6.07, 6.45) is 1.15. The van der Waals surface area contributed by atoms with Crippen molar-refractivity contribution in [3.05, 3.63) is 59.7 Å². The van der Waals surface area contributed by atoms with Crippen molar-refractivity contribution in [3.8, 4) is 0 Å². The Morgan fingerprint density at radius 3 is 2.00 bits per heavy atom. The van der Waals surface area contributed by atoms with E-state index in [0.29, 0.717) is 5.88 Å². The summed E-state index contributed by atoms with van der Waals surface area (Å²) in [7, 11) is 0. The second kappa shape index (κ2) is 9.36. The van der Waals surface area contributed by atoms with Gasteiger partial charge in [0.25, 0.3) is 0 Å². The smallest absolute Gasteiger partial charge is 0.0351 e. The van der Waals surface area contributed by atoms with E-state index in [4.69, 9.17) is 11.6 Å². The topological polar surface area (TPSA) is 15.3 Å². The zero-order valence-electron chi connectivity index (χ0n) is 15.9. The number of nitrogens with one attached hydrogen (secondary N) is 1. The van der Waals surface area contributed by atoms with Gasteiger partial charge in [0.2, 0.25) is 0 Å². The molecule has 26 heavy (non-hydrogen) atoms. The van der Waals surface area contributed by atoms with Gasteiger partial charge >= 0.3 is 0 Å². The Kier molecular flexibility index (Phi) is 6.90. The lowest BCUT2D eigenvalue weighted by Crippen LogP contribution is -2.29. The zero-order valence-corrected chi connectivity index (χ0v) is 16.6. The molecule has 0 saturated carbocycles. The highest BCUT2D eigenvalue weighted by molar-refractivity contribution is 6.18. The maximum absolute atomic E-state index is 5.86. The predicted molar refractivity (Wildman–Crippen MR) is 115 cm³/mol. The second-order valence-electron chi connectivity index (χ2n) is 6.85. The standard InChI is InChI=1S/C23H29ClN2/c1-3-26(16-13-24)15-8-14-25-17-23-21-11-6-4-9-19(21)18(2)20-10-5-7-12-22(20)23/h4-7,9-12,25H,3,8,13-17H2,1-2H3. The number of hydrogen-bond donors (Lipinski definition) is 1. The number of alkyl halides is 1. The molecule has 0 aliphatic rings. The fourth-order valence-electron chi connectivity index (χ4n) is 3.82. The van der Waals surface area contributed by atoms with Gasteiger partial charge in [-0.25, -0.2) is 0 Å². The molecule has 0 aliphatic heterocycles. The van der Waals surface area contributed by atoms with Crippen LogP contribution in [0.3, 0.4) is 0 Å². The van der Waals surface area contributed by atoms with Crippen LogP contribution in [0.4, 0.5) is 0 Å². The van der Waals surface area contributed by atoms with Crippen LogP contribution in [0.15, 0.2) is 48.5 Å². The van der Waals surface area contributed by atoms with Gasteiger partial charge in [0.05, 0.1) is 0 Å². The number of fused-ring (bicyclic) bond motifs is 2. The summed E-state index contributed by atoms with van der Waals surface area (Å²) >= 11 is 5.86. The van der Waals surface area contributed by atoms with Gasteiger partial charge in [0.15, 0.2) is 0 Å². The molecular formula is C23H29ClN2. The molecule has 0 aromatic heterocycles. The monoisotopic (exact) mass is 368 g/mol. The van der Waals surface area contributed by atoms with Crippen molar-refractivity contribution in [1.29, 1.82) is 0 Å². The van der Waals surface area contributed by atoms with E-state index in [1.165, 1.54) is 32.7 Å². The first-order valence-corrected chi connectivity index (χ1v) is 10.2. The summed E-state index contributed by atoms with van der Waals surface area (Å²) in [6.45, 7) is 9.51. The summed E-state index contributed by atoms with van der Waals surface area (Å²) in [6, 6.07) is 17.6. The summed E-state index contributed by atoms with van der Waals surface area (Å²) < 4.78 is 0. The lowest BCUT2D eigenvalue weighted by molar-refractivity contribution is 0.299. The molecule has 0 spiro atoms. The van der Waals surface area contributed by atoms with E-state index in [1.807, 2.05) is 0 Å². The Morgan fingerprint density at radius 2 is 1.46 bits per heavy atom. The van der Waals surface area contributed by atoms with E-state index in [0.717, 1.165) is 39.1 Å². The molecule has 0 atom stereocenters. The Labute approximate surface area is 162 Å². The molecule has 0 amide bonds. The quantitative estimate of drug-likeness (QED) is 0.311. The molecule has 2 nitrogen and oxygen atoms in total. The van der Waals surface area contributed by atoms with E-state index in [1.54, 1.807) is 0 Å². The van der Waals surface area contributed by atoms with Crippen molar-refractivity contribution in [1.82, 2.24) is 10.2 Å². The number of halogens is 1. The minimum Gasteiger partial charge on any atom is -0.313 e. The Bertz CT molecular complexity index is 802. The third kappa shape index (κ3) is 4.20. The number of rotatable bonds is 9. The fourth-order valence-corrected chi connectivity index (χ4v) is 4.05. The molecule has 138 valence electrons. The van der Waals surface area contributed by atoms with E-state index in [-0.39, 0.29) is 0 Å². The largest absolute Gasteiger partial charge is 0.313 e. The van der Waals surface area contributed by atoms with Crippen LogP contribution in [0.25, 0.3) is 21.5 Å². The molecular weight excluding hydrogens is 340 g/mol. The van der Waals surface area contributed by atoms with Gasteiger partial charge in [-0.2, -0.15) is 0 Å². The van der Waals surface area contributed by atoms with Crippen LogP contribution >= 0.6 is 11.6 Å². The van der Waals surface area contributed by atoms with Crippen LogP contribution in [0.5, 0.6) is 0 Å². The number of hydrogen-bond acceptors (Lipinski definition) is 2. The van der Waals surface area contributed by atoms with Crippen molar-refractivity contribution in [2.75, 3.05) is 32.1 Å². The van der Waals surface area contributed by atoms with Crippen molar-refractivity contribution in [2.45, 2.75) is 26.8 Å². The third-order valence-electron chi connectivity index (χ3n) is 5.29. The summed E-state index contributed by atoms with van der Waals surface area (Å²) in [5, 5.41) is 9.13. The highest BCUT2D eigenvalue weighted by atomic mass is 35.5. The molecule has 0 heterocycles. The van der Waals surface area contributed by atoms with Crippen LogP contribution in [0.1, 0.15) is 24.5 Å². The van der Waals surface area contributed by atoms with Gasteiger partial charge in [-0.15, -0.1) is 11.6 Å². The molecule has 3 rings (SSSR count). The first-order chi connectivity index (χ1) is 12.8. The predicted octanol–water partition coefficient (Wildman–Crippen LogP) is 5.34. The second-order valence-corrected chi connectivity index (χ2v) is 7.23. The summed E-state index contributed by atoms with van der Waals surface area (Å²) in [5.74, 6) is 0.711. The molecule has 0 radical (unpaired) electrons. The van der Waals surface area contributed by atoms with Crippen LogP contribution < -0.4 is 5.32 Å². The molecule has 0 aliphatic carbocycles. The first kappa shape index (κ1) is 19.2. The molecule has 0 saturated heterocycles. The number of benzene rings is 3. The van der Waals surface area contributed by atoms with Crippen LogP contribution in [-0.2, 0) is 6.54 Å². The molecule has 3 aromatic rings. The van der Waals surface area contributed by atoms with Gasteiger partial charge in [-0.1, -0.05) is 55.5 Å². The first-order valence-electron chi connectivity index (χ1n) is 9.64. The average Bonchev–Trinajstić information content (AvgIpc) is 2.69. The van der Waals surface area contributed by atoms with E-state index >= 15 is 0 Å². The average molecular weight is 369 g/mol. The lowest BCUT2D eigenvalue weighted by Gasteiger charge is -2.19. The SMILES string of the molecule is CCN(CCCl)CCCNCc1c2ccccc2c(C)c2ccccc12. The zero-order chi connectivity index (χ0) is 18.4. The van der Waals surface area contributed by atoms with Crippen molar-refractivity contribution >= 4 is 33.1 Å². The van der Waals surface area contributed by atoms with Crippen LogP contribution in [0.2, 0.25) is 0 Å². The summed E-state index contributed by atoms with van der Waals surface area (Å²) in [4.78, 5) is 2.41. The third-order valence-corrected chi connectivity index (χ3v) is 5.46. The Morgan fingerprint density at radius 1 is 0.885 bits per heavy atom. The number of nitrogens with zero attached hydrogens (tertiary/aromatic N) is 1. The minimum atomic E-state index is 0.711. The van der Waals surface area contributed by atoms with Crippen LogP contribution in [0, 0.1) is 6.92 Å². The van der Waals surface area contributed by atoms with E-state index in [2.05, 4.69) is 72.6 Å². The lowest BCUT2D eigenvalue weighted by atomic mass is 9.92. The van der Waals surface area contributed by atoms with E-state index < -0.39 is 0 Å². The highest BCUT2D eigenvalue weighted by Crippen LogP contribution is 2.32. The molecule has 0 bridgehead atoms. The summed E-state index contributed by atoms with van der Waals surface area (Å²) in [5.41, 5.74) is 2.79. The van der Waals surface area contributed by atoms with Crippen molar-refractivity contribution in [2.24, 2.45) is 0 Å². The van der Waals surface area contributed by atoms with Gasteiger partial charge in [-0.05, 0) is 65.7 Å². The normalized spacial score (nSPS) is 11.7. The van der Waals surface area contributed by atoms with Gasteiger partial charge in [-0.3, -0.25) is 0 Å². The molecule has 3 aromatic carbocycles. The maximum atomic E-state index is 5.86. The molecule has 0 unspecified atom stereocenters. The van der Waals surface area contributed by atoms with Crippen molar-refractivity contribution in [3.63, 3.8) is 0 Å². The Balaban J connectivity index is 1.76. The van der Waals surface area contributed by atoms with Gasteiger partial charge in [0.1, 0.15) is 0 Å². The molecule has 3 heteroatoms. The van der Waals surface area contributed by atoms with E-state index in [9.17, 15) is 0 Å². The highest BCUT2D eigenvalue weighted by Gasteiger charge is 2.10. The Hall–Kier alpha value is -1.61. The molecule has 1 N–H and O–H groups in total. The number of aryl methyl sites for hydroxylation is 1. The van der Waals surface area contributed by atoms with Gasteiger partial charge in [0, 0.05) is 19.0 Å². The molecule has 0 fully saturated rings. The van der Waals surface area contributed by atoms with Crippen molar-refractivity contribution < 1.29 is 0 Å². The maximum Gasteiger partial charge on any atom is 0.0351 e. The van der Waals surface area contributed by atoms with Crippen LogP contribution in [-0.4, -0.2) is 37.0 Å². The fraction of sp³-hybridized carbons (Fsp3) is 0.391. The van der Waals surface area contributed by atoms with Gasteiger partial charge < -0.3 is 10.2 Å².